The summed E-state index contributed by atoms with van der Waals surface area (Å²) in [6.07, 6.45) is -0.173. The van der Waals surface area contributed by atoms with Crippen LogP contribution in [0.1, 0.15) is 18.9 Å². The van der Waals surface area contributed by atoms with Crippen LogP contribution in [0, 0.1) is 0 Å². The van der Waals surface area contributed by atoms with Gasteiger partial charge in [-0.15, -0.1) is 0 Å². The van der Waals surface area contributed by atoms with Gasteiger partial charge in [-0.1, -0.05) is 18.2 Å². The number of carbonyl (C=O) groups is 2. The number of aliphatic carboxylic acids is 1. The van der Waals surface area contributed by atoms with Crippen LogP contribution in [0.2, 0.25) is 0 Å². The summed E-state index contributed by atoms with van der Waals surface area (Å²) in [6.45, 7) is 1.69. The number of amides is 1. The van der Waals surface area contributed by atoms with Gasteiger partial charge in [0.25, 0.3) is 0 Å². The minimum atomic E-state index is -0.957. The number of hydrogen-bond acceptors (Lipinski definition) is 2. The van der Waals surface area contributed by atoms with Crippen LogP contribution in [0.5, 0.6) is 0 Å². The molecule has 1 atom stereocenters. The van der Waals surface area contributed by atoms with E-state index in [0.29, 0.717) is 0 Å². The smallest absolute Gasteiger partial charge is 0.304 e. The summed E-state index contributed by atoms with van der Waals surface area (Å²) in [6, 6.07) is 7.32. The lowest BCUT2D eigenvalue weighted by atomic mass is 9.81. The lowest BCUT2D eigenvalue weighted by molar-refractivity contribution is -0.140. The van der Waals surface area contributed by atoms with Crippen molar-refractivity contribution in [1.82, 2.24) is 0 Å². The highest BCUT2D eigenvalue weighted by atomic mass is 16.4. The average Bonchev–Trinajstić information content (AvgIpc) is 2.42. The lowest BCUT2D eigenvalue weighted by Gasteiger charge is -2.20. The fourth-order valence-electron chi connectivity index (χ4n) is 2.30. The Hall–Kier alpha value is -1.84. The van der Waals surface area contributed by atoms with Crippen molar-refractivity contribution in [2.75, 3.05) is 11.9 Å². The minimum Gasteiger partial charge on any atom is -0.481 e. The molecule has 4 nitrogen and oxygen atoms in total. The lowest BCUT2D eigenvalue weighted by Crippen LogP contribution is -2.37. The number of carboxylic acid groups (broad SMARTS) is 1. The molecule has 1 N–H and O–H groups in total. The summed E-state index contributed by atoms with van der Waals surface area (Å²) in [5, 5.41) is 8.90. The van der Waals surface area contributed by atoms with E-state index < -0.39 is 11.4 Å². The van der Waals surface area contributed by atoms with Crippen molar-refractivity contribution < 1.29 is 14.7 Å². The molecule has 0 aliphatic carbocycles. The Balaban J connectivity index is 2.56. The molecule has 1 aliphatic heterocycles. The molecule has 1 heterocycles. The highest BCUT2D eigenvalue weighted by Crippen LogP contribution is 2.42. The molecule has 4 heteroatoms. The molecule has 1 aromatic carbocycles. The van der Waals surface area contributed by atoms with Gasteiger partial charge in [0.15, 0.2) is 0 Å². The van der Waals surface area contributed by atoms with E-state index in [1.807, 2.05) is 24.3 Å². The number of carbonyl (C=O) groups excluding carboxylic acids is 1. The van der Waals surface area contributed by atoms with E-state index in [1.165, 1.54) is 4.90 Å². The van der Waals surface area contributed by atoms with E-state index >= 15 is 0 Å². The Morgan fingerprint density at radius 3 is 2.69 bits per heavy atom. The topological polar surface area (TPSA) is 57.6 Å². The van der Waals surface area contributed by atoms with Crippen molar-refractivity contribution >= 4 is 17.6 Å². The average molecular weight is 219 g/mol. The Labute approximate surface area is 93.5 Å². The summed E-state index contributed by atoms with van der Waals surface area (Å²) in [5.41, 5.74) is 0.665. The predicted molar refractivity (Wildman–Crippen MR) is 59.5 cm³/mol. The molecule has 16 heavy (non-hydrogen) atoms. The van der Waals surface area contributed by atoms with Crippen LogP contribution < -0.4 is 4.90 Å². The minimum absolute atomic E-state index is 0.156. The van der Waals surface area contributed by atoms with Crippen molar-refractivity contribution in [3.8, 4) is 0 Å². The van der Waals surface area contributed by atoms with Crippen molar-refractivity contribution in [1.29, 1.82) is 0 Å². The van der Waals surface area contributed by atoms with Crippen LogP contribution in [0.15, 0.2) is 24.3 Å². The highest BCUT2D eigenvalue weighted by Gasteiger charge is 2.47. The molecule has 1 aromatic rings. The Bertz CT molecular complexity index is 469. The molecule has 1 amide bonds. The number of rotatable bonds is 2. The zero-order valence-electron chi connectivity index (χ0n) is 9.23. The summed E-state index contributed by atoms with van der Waals surface area (Å²) < 4.78 is 0. The van der Waals surface area contributed by atoms with Gasteiger partial charge in [0.1, 0.15) is 0 Å². The number of benzene rings is 1. The first-order valence-corrected chi connectivity index (χ1v) is 5.06. The SMILES string of the molecule is CN1C(=O)[C@@](C)(CC(=O)O)c2ccccc21. The number of anilines is 1. The van der Waals surface area contributed by atoms with Crippen LogP contribution in [-0.4, -0.2) is 24.0 Å². The second kappa shape index (κ2) is 3.33. The van der Waals surface area contributed by atoms with Gasteiger partial charge in [0, 0.05) is 12.7 Å². The first kappa shape index (κ1) is 10.7. The summed E-state index contributed by atoms with van der Waals surface area (Å²) in [5.74, 6) is -1.11. The number of carboxylic acids is 1. The second-order valence-electron chi connectivity index (χ2n) is 4.28. The Kier molecular flexibility index (Phi) is 2.22. The van der Waals surface area contributed by atoms with Gasteiger partial charge >= 0.3 is 5.97 Å². The van der Waals surface area contributed by atoms with E-state index in [2.05, 4.69) is 0 Å². The molecule has 0 unspecified atom stereocenters. The van der Waals surface area contributed by atoms with Crippen LogP contribution in [-0.2, 0) is 15.0 Å². The van der Waals surface area contributed by atoms with Gasteiger partial charge in [-0.25, -0.2) is 0 Å². The van der Waals surface area contributed by atoms with E-state index in [0.717, 1.165) is 11.3 Å². The molecule has 0 fully saturated rings. The molecular formula is C12H13NO3. The molecule has 2 rings (SSSR count). The van der Waals surface area contributed by atoms with Crippen molar-refractivity contribution in [2.24, 2.45) is 0 Å². The van der Waals surface area contributed by atoms with E-state index in [1.54, 1.807) is 14.0 Å². The van der Waals surface area contributed by atoms with Gasteiger partial charge in [-0.05, 0) is 18.6 Å². The first-order chi connectivity index (χ1) is 7.47. The molecular weight excluding hydrogens is 206 g/mol. The highest BCUT2D eigenvalue weighted by molar-refractivity contribution is 6.08. The number of hydrogen-bond donors (Lipinski definition) is 1. The molecule has 0 saturated heterocycles. The van der Waals surface area contributed by atoms with Crippen molar-refractivity contribution in [2.45, 2.75) is 18.8 Å². The summed E-state index contributed by atoms with van der Waals surface area (Å²) >= 11 is 0. The van der Waals surface area contributed by atoms with Gasteiger partial charge in [0.2, 0.25) is 5.91 Å². The summed E-state index contributed by atoms with van der Waals surface area (Å²) in [7, 11) is 1.67. The molecule has 0 saturated carbocycles. The van der Waals surface area contributed by atoms with Gasteiger partial charge in [-0.3, -0.25) is 9.59 Å². The first-order valence-electron chi connectivity index (χ1n) is 5.06. The van der Waals surface area contributed by atoms with Gasteiger partial charge in [0.05, 0.1) is 11.8 Å². The predicted octanol–water partition coefficient (Wildman–Crippen LogP) is 1.40. The Morgan fingerprint density at radius 2 is 2.06 bits per heavy atom. The molecule has 84 valence electrons. The van der Waals surface area contributed by atoms with Gasteiger partial charge in [-0.2, -0.15) is 0 Å². The van der Waals surface area contributed by atoms with E-state index in [-0.39, 0.29) is 12.3 Å². The number of nitrogens with zero attached hydrogens (tertiary/aromatic N) is 1. The van der Waals surface area contributed by atoms with Crippen LogP contribution in [0.3, 0.4) is 0 Å². The standard InChI is InChI=1S/C12H13NO3/c1-12(7-10(14)15)8-5-3-4-6-9(8)13(2)11(12)16/h3-6H,7H2,1-2H3,(H,14,15)/t12-/m0/s1. The third kappa shape index (κ3) is 1.30. The maximum atomic E-state index is 12.1. The van der Waals surface area contributed by atoms with Gasteiger partial charge < -0.3 is 10.0 Å². The number of likely N-dealkylation sites (N-methyl/N-ethyl adjacent to an activating group) is 1. The largest absolute Gasteiger partial charge is 0.481 e. The normalized spacial score (nSPS) is 23.4. The Morgan fingerprint density at radius 1 is 1.44 bits per heavy atom. The van der Waals surface area contributed by atoms with Crippen molar-refractivity contribution in [3.63, 3.8) is 0 Å². The molecule has 0 spiro atoms. The third-order valence-electron chi connectivity index (χ3n) is 3.14. The van der Waals surface area contributed by atoms with Crippen molar-refractivity contribution in [3.05, 3.63) is 29.8 Å². The monoisotopic (exact) mass is 219 g/mol. The number of fused-ring (bicyclic) bond motifs is 1. The van der Waals surface area contributed by atoms with Crippen LogP contribution >= 0.6 is 0 Å². The van der Waals surface area contributed by atoms with E-state index in [4.69, 9.17) is 5.11 Å². The second-order valence-corrected chi connectivity index (χ2v) is 4.28. The molecule has 1 aliphatic rings. The quantitative estimate of drug-likeness (QED) is 0.817. The van der Waals surface area contributed by atoms with Crippen LogP contribution in [0.25, 0.3) is 0 Å². The zero-order valence-corrected chi connectivity index (χ0v) is 9.23. The summed E-state index contributed by atoms with van der Waals surface area (Å²) in [4.78, 5) is 24.5. The number of para-hydroxylation sites is 1. The van der Waals surface area contributed by atoms with Crippen LogP contribution in [0.4, 0.5) is 5.69 Å². The maximum Gasteiger partial charge on any atom is 0.304 e. The molecule has 0 bridgehead atoms. The van der Waals surface area contributed by atoms with E-state index in [9.17, 15) is 9.59 Å². The fraction of sp³-hybridized carbons (Fsp3) is 0.333. The fourth-order valence-corrected chi connectivity index (χ4v) is 2.30. The molecule has 0 aromatic heterocycles. The zero-order chi connectivity index (χ0) is 11.9. The maximum absolute atomic E-state index is 12.1. The molecule has 0 radical (unpaired) electrons. The third-order valence-corrected chi connectivity index (χ3v) is 3.14.